The van der Waals surface area contributed by atoms with E-state index in [2.05, 4.69) is 21.6 Å². The Balaban J connectivity index is 1.84. The molecule has 3 aromatic rings. The molecule has 0 radical (unpaired) electrons. The van der Waals surface area contributed by atoms with Crippen molar-refractivity contribution in [1.29, 1.82) is 5.26 Å². The quantitative estimate of drug-likeness (QED) is 0.582. The maximum atomic E-state index is 8.88. The molecule has 0 saturated carbocycles. The highest BCUT2D eigenvalue weighted by molar-refractivity contribution is 6.31. The Morgan fingerprint density at radius 2 is 2.09 bits per heavy atom. The van der Waals surface area contributed by atoms with E-state index in [1.54, 1.807) is 24.5 Å². The summed E-state index contributed by atoms with van der Waals surface area (Å²) < 4.78 is 0. The van der Waals surface area contributed by atoms with Crippen molar-refractivity contribution in [2.75, 3.05) is 5.43 Å². The number of anilines is 1. The molecule has 5 heteroatoms. The summed E-state index contributed by atoms with van der Waals surface area (Å²) >= 11 is 5.97. The first kappa shape index (κ1) is 14.1. The molecule has 0 unspecified atom stereocenters. The lowest BCUT2D eigenvalue weighted by Crippen LogP contribution is -1.93. The van der Waals surface area contributed by atoms with Crippen LogP contribution >= 0.6 is 11.6 Å². The second kappa shape index (κ2) is 6.25. The van der Waals surface area contributed by atoms with Crippen molar-refractivity contribution >= 4 is 34.4 Å². The second-order valence-corrected chi connectivity index (χ2v) is 5.06. The van der Waals surface area contributed by atoms with Crippen molar-refractivity contribution in [3.05, 3.63) is 70.9 Å². The topological polar surface area (TPSA) is 61.1 Å². The van der Waals surface area contributed by atoms with Gasteiger partial charge in [0.25, 0.3) is 0 Å². The van der Waals surface area contributed by atoms with E-state index in [-0.39, 0.29) is 0 Å². The van der Waals surface area contributed by atoms with Crippen molar-refractivity contribution in [3.8, 4) is 6.07 Å². The Morgan fingerprint density at radius 1 is 1.18 bits per heavy atom. The maximum Gasteiger partial charge on any atom is 0.0991 e. The summed E-state index contributed by atoms with van der Waals surface area (Å²) in [6.07, 6.45) is 3.37. The van der Waals surface area contributed by atoms with E-state index >= 15 is 0 Å². The largest absolute Gasteiger partial charge is 0.278 e. The van der Waals surface area contributed by atoms with Crippen LogP contribution < -0.4 is 5.43 Å². The van der Waals surface area contributed by atoms with Crippen molar-refractivity contribution < 1.29 is 0 Å². The molecule has 0 aliphatic rings. The molecule has 1 N–H and O–H groups in total. The molecule has 3 rings (SSSR count). The molecule has 0 bridgehead atoms. The molecule has 0 saturated heterocycles. The molecule has 0 aliphatic heterocycles. The zero-order valence-electron chi connectivity index (χ0n) is 11.5. The molecule has 1 heterocycles. The number of hydrazone groups is 1. The molecule has 0 fully saturated rings. The van der Waals surface area contributed by atoms with Crippen molar-refractivity contribution in [1.82, 2.24) is 4.98 Å². The molecule has 22 heavy (non-hydrogen) atoms. The van der Waals surface area contributed by atoms with E-state index in [0.29, 0.717) is 10.6 Å². The van der Waals surface area contributed by atoms with Crippen LogP contribution in [0.4, 0.5) is 5.69 Å². The predicted molar refractivity (Wildman–Crippen MR) is 89.1 cm³/mol. The number of halogens is 1. The van der Waals surface area contributed by atoms with Crippen LogP contribution in [-0.4, -0.2) is 11.2 Å². The lowest BCUT2D eigenvalue weighted by Gasteiger charge is -2.05. The zero-order chi connectivity index (χ0) is 15.4. The summed E-state index contributed by atoms with van der Waals surface area (Å²) in [7, 11) is 0. The van der Waals surface area contributed by atoms with Gasteiger partial charge in [-0.05, 0) is 42.0 Å². The van der Waals surface area contributed by atoms with Crippen LogP contribution in [0.2, 0.25) is 5.02 Å². The molecule has 0 amide bonds. The van der Waals surface area contributed by atoms with Crippen LogP contribution in [0.5, 0.6) is 0 Å². The highest BCUT2D eigenvalue weighted by Crippen LogP contribution is 2.24. The number of nitrogens with zero attached hydrogens (tertiary/aromatic N) is 3. The van der Waals surface area contributed by atoms with Crippen LogP contribution in [0.3, 0.4) is 0 Å². The van der Waals surface area contributed by atoms with Gasteiger partial charge in [0.15, 0.2) is 0 Å². The smallest absolute Gasteiger partial charge is 0.0991 e. The number of pyridine rings is 1. The fourth-order valence-electron chi connectivity index (χ4n) is 2.08. The molecule has 2 aromatic carbocycles. The van der Waals surface area contributed by atoms with E-state index in [4.69, 9.17) is 16.9 Å². The SMILES string of the molecule is N#Cc1cccc(/C=N/Nc2ccnc3cc(Cl)ccc23)c1. The van der Waals surface area contributed by atoms with Gasteiger partial charge < -0.3 is 0 Å². The molecule has 4 nitrogen and oxygen atoms in total. The molecular formula is C17H11ClN4. The van der Waals surface area contributed by atoms with Gasteiger partial charge in [-0.15, -0.1) is 0 Å². The molecule has 0 aliphatic carbocycles. The summed E-state index contributed by atoms with van der Waals surface area (Å²) in [5.74, 6) is 0. The Kier molecular flexibility index (Phi) is 3.99. The number of nitrogens with one attached hydrogen (secondary N) is 1. The summed E-state index contributed by atoms with van der Waals surface area (Å²) in [5.41, 5.74) is 6.10. The predicted octanol–water partition coefficient (Wildman–Crippen LogP) is 4.21. The summed E-state index contributed by atoms with van der Waals surface area (Å²) in [5, 5.41) is 14.7. The van der Waals surface area contributed by atoms with Crippen molar-refractivity contribution in [2.24, 2.45) is 5.10 Å². The van der Waals surface area contributed by atoms with Gasteiger partial charge in [0, 0.05) is 16.6 Å². The summed E-state index contributed by atoms with van der Waals surface area (Å²) in [6.45, 7) is 0. The van der Waals surface area contributed by atoms with Crippen molar-refractivity contribution in [3.63, 3.8) is 0 Å². The standard InChI is InChI=1S/C17H11ClN4/c18-14-4-5-15-16(6-7-20-17(15)9-14)22-21-11-13-3-1-2-12(8-13)10-19/h1-9,11H,(H,20,22)/b21-11+. The maximum absolute atomic E-state index is 8.88. The fraction of sp³-hybridized carbons (Fsp3) is 0. The van der Waals surface area contributed by atoms with E-state index in [0.717, 1.165) is 22.2 Å². The van der Waals surface area contributed by atoms with Gasteiger partial charge in [-0.1, -0.05) is 23.7 Å². The van der Waals surface area contributed by atoms with Crippen molar-refractivity contribution in [2.45, 2.75) is 0 Å². The third kappa shape index (κ3) is 3.05. The second-order valence-electron chi connectivity index (χ2n) is 4.63. The van der Waals surface area contributed by atoms with Gasteiger partial charge in [-0.3, -0.25) is 10.4 Å². The summed E-state index contributed by atoms with van der Waals surface area (Å²) in [4.78, 5) is 4.28. The number of aromatic nitrogens is 1. The number of hydrogen-bond acceptors (Lipinski definition) is 4. The highest BCUT2D eigenvalue weighted by atomic mass is 35.5. The van der Waals surface area contributed by atoms with Crippen LogP contribution in [0, 0.1) is 11.3 Å². The van der Waals surface area contributed by atoms with Gasteiger partial charge in [-0.2, -0.15) is 10.4 Å². The zero-order valence-corrected chi connectivity index (χ0v) is 12.2. The highest BCUT2D eigenvalue weighted by Gasteiger charge is 2.01. The minimum Gasteiger partial charge on any atom is -0.278 e. The normalized spacial score (nSPS) is 10.7. The van der Waals surface area contributed by atoms with Gasteiger partial charge in [-0.25, -0.2) is 0 Å². The molecule has 106 valence electrons. The number of hydrogen-bond donors (Lipinski definition) is 1. The van der Waals surface area contributed by atoms with Crippen LogP contribution in [0.1, 0.15) is 11.1 Å². The monoisotopic (exact) mass is 306 g/mol. The Bertz CT molecular complexity index is 897. The van der Waals surface area contributed by atoms with Gasteiger partial charge in [0.1, 0.15) is 0 Å². The Morgan fingerprint density at radius 3 is 2.95 bits per heavy atom. The van der Waals surface area contributed by atoms with Gasteiger partial charge in [0.05, 0.1) is 29.1 Å². The Labute approximate surface area is 132 Å². The van der Waals surface area contributed by atoms with E-state index in [1.807, 2.05) is 36.4 Å². The van der Waals surface area contributed by atoms with Crippen LogP contribution in [-0.2, 0) is 0 Å². The third-order valence-corrected chi connectivity index (χ3v) is 3.35. The average molecular weight is 307 g/mol. The molecule has 0 atom stereocenters. The van der Waals surface area contributed by atoms with E-state index in [9.17, 15) is 0 Å². The van der Waals surface area contributed by atoms with E-state index in [1.165, 1.54) is 0 Å². The first-order valence-corrected chi connectivity index (χ1v) is 6.97. The van der Waals surface area contributed by atoms with E-state index < -0.39 is 0 Å². The number of fused-ring (bicyclic) bond motifs is 1. The minimum atomic E-state index is 0.605. The lowest BCUT2D eigenvalue weighted by atomic mass is 10.1. The average Bonchev–Trinajstić information content (AvgIpc) is 2.55. The molecular weight excluding hydrogens is 296 g/mol. The van der Waals surface area contributed by atoms with Gasteiger partial charge >= 0.3 is 0 Å². The molecule has 0 spiro atoms. The first-order chi connectivity index (χ1) is 10.8. The number of rotatable bonds is 3. The van der Waals surface area contributed by atoms with Gasteiger partial charge in [0.2, 0.25) is 0 Å². The Hall–Kier alpha value is -2.90. The first-order valence-electron chi connectivity index (χ1n) is 6.60. The number of benzene rings is 2. The summed E-state index contributed by atoms with van der Waals surface area (Å²) in [6, 6.07) is 16.7. The molecule has 1 aromatic heterocycles. The van der Waals surface area contributed by atoms with Crippen LogP contribution in [0.15, 0.2) is 59.8 Å². The van der Waals surface area contributed by atoms with Crippen LogP contribution in [0.25, 0.3) is 10.9 Å². The number of nitriles is 1. The minimum absolute atomic E-state index is 0.605. The third-order valence-electron chi connectivity index (χ3n) is 3.12. The lowest BCUT2D eigenvalue weighted by molar-refractivity contribution is 1.33. The fourth-order valence-corrected chi connectivity index (χ4v) is 2.25.